The zero-order valence-corrected chi connectivity index (χ0v) is 49.3. The molecule has 78 heavy (non-hydrogen) atoms. The number of rotatable bonds is 5. The van der Waals surface area contributed by atoms with Crippen molar-refractivity contribution < 1.29 is 0 Å². The van der Waals surface area contributed by atoms with Crippen molar-refractivity contribution in [2.24, 2.45) is 0 Å². The second kappa shape index (κ2) is 16.7. The summed E-state index contributed by atoms with van der Waals surface area (Å²) in [4.78, 5) is 8.22. The molecule has 4 heterocycles. The third-order valence-electron chi connectivity index (χ3n) is 20.2. The van der Waals surface area contributed by atoms with Crippen LogP contribution < -0.4 is 31.1 Å². The van der Waals surface area contributed by atoms with Crippen molar-refractivity contribution >= 4 is 100 Å². The fourth-order valence-electron chi connectivity index (χ4n) is 15.5. The summed E-state index contributed by atoms with van der Waals surface area (Å²) < 4.78 is 2.64. The Hall–Kier alpha value is -6.56. The van der Waals surface area contributed by atoms with Crippen LogP contribution in [0.5, 0.6) is 0 Å². The van der Waals surface area contributed by atoms with Crippen molar-refractivity contribution in [2.45, 2.75) is 161 Å². The molecule has 392 valence electrons. The van der Waals surface area contributed by atoms with E-state index in [2.05, 4.69) is 256 Å². The van der Waals surface area contributed by atoms with Crippen molar-refractivity contribution in [2.75, 3.05) is 14.7 Å². The highest BCUT2D eigenvalue weighted by Crippen LogP contribution is 2.64. The third kappa shape index (κ3) is 7.07. The Kier molecular flexibility index (Phi) is 10.7. The Bertz CT molecular complexity index is 3960. The van der Waals surface area contributed by atoms with Gasteiger partial charge in [0.15, 0.2) is 0 Å². The molecule has 2 aliphatic carbocycles. The Labute approximate surface area is 469 Å². The summed E-state index contributed by atoms with van der Waals surface area (Å²) in [5.41, 5.74) is 25.8. The molecule has 0 bridgehead atoms. The number of benzene rings is 8. The molecule has 0 saturated heterocycles. The van der Waals surface area contributed by atoms with E-state index >= 15 is 0 Å². The minimum absolute atomic E-state index is 0.000279. The number of aryl methyl sites for hydroxylation is 1. The van der Waals surface area contributed by atoms with E-state index in [1.165, 1.54) is 126 Å². The molecular formula is C73H76BN3S. The number of thiophene rings is 1. The second-order valence-corrected chi connectivity index (χ2v) is 29.1. The standard InChI is InChI=1S/C73H76BN3S/c1-45-39-60-65-61(40-45)77-67-56(72(12)35-19-20-36-73(72,77)13)44-55-64(71(10,11)38-37-70(55,8)9)66(67)74(65)57-32-30-51(43-59(57)76(60)58-33-27-48(69(5,6)7)41-53(58)46-21-15-14-16-22-46)75(49-28-25-47(26-29-49)68(2,3)4)50-31-34-63-54(42-50)52-23-17-18-24-62(52)78-63/h14-18,21-34,39-44H,19-20,35-38H2,1-13H3. The summed E-state index contributed by atoms with van der Waals surface area (Å²) in [5.74, 6) is 0. The molecule has 5 aliphatic rings. The van der Waals surface area contributed by atoms with E-state index in [9.17, 15) is 0 Å². The smallest absolute Gasteiger partial charge is 0.252 e. The van der Waals surface area contributed by atoms with E-state index in [4.69, 9.17) is 0 Å². The molecular weight excluding hydrogens is 962 g/mol. The largest absolute Gasteiger partial charge is 0.335 e. The van der Waals surface area contributed by atoms with Crippen LogP contribution in [0.25, 0.3) is 31.3 Å². The van der Waals surface area contributed by atoms with Crippen LogP contribution in [0.15, 0.2) is 152 Å². The average molecular weight is 1040 g/mol. The van der Waals surface area contributed by atoms with Crippen molar-refractivity contribution in [1.82, 2.24) is 0 Å². The van der Waals surface area contributed by atoms with Gasteiger partial charge in [0.25, 0.3) is 6.71 Å². The van der Waals surface area contributed by atoms with Gasteiger partial charge in [-0.05, 0) is 189 Å². The lowest BCUT2D eigenvalue weighted by atomic mass is 9.31. The molecule has 3 nitrogen and oxygen atoms in total. The summed E-state index contributed by atoms with van der Waals surface area (Å²) in [6.07, 6.45) is 7.27. The monoisotopic (exact) mass is 1040 g/mol. The van der Waals surface area contributed by atoms with Gasteiger partial charge in [-0.25, -0.2) is 0 Å². The number of hydrogen-bond acceptors (Lipinski definition) is 4. The number of hydrogen-bond donors (Lipinski definition) is 0. The van der Waals surface area contributed by atoms with E-state index in [0.717, 1.165) is 17.1 Å². The Morgan fingerprint density at radius 1 is 0.513 bits per heavy atom. The first kappa shape index (κ1) is 49.7. The predicted octanol–water partition coefficient (Wildman–Crippen LogP) is 18.8. The summed E-state index contributed by atoms with van der Waals surface area (Å²) in [6, 6.07) is 59.6. The van der Waals surface area contributed by atoms with E-state index in [-0.39, 0.29) is 39.3 Å². The third-order valence-corrected chi connectivity index (χ3v) is 21.3. The molecule has 2 atom stereocenters. The highest BCUT2D eigenvalue weighted by Gasteiger charge is 2.63. The highest BCUT2D eigenvalue weighted by atomic mass is 32.1. The number of anilines is 8. The van der Waals surface area contributed by atoms with Gasteiger partial charge < -0.3 is 14.7 Å². The normalized spacial score (nSPS) is 20.6. The van der Waals surface area contributed by atoms with Gasteiger partial charge in [-0.3, -0.25) is 0 Å². The maximum absolute atomic E-state index is 2.96. The SMILES string of the molecule is Cc1cc2c3c(c1)N1c4c(cc5c(c4B3c3ccc(N(c4ccc(C(C)(C)C)cc4)c4ccc6sc7ccccc7c6c4)cc3N2c2ccc(C(C)(C)C)cc2-c2ccccc2)C(C)(C)CCC5(C)C)C2(C)CCCCC12C. The van der Waals surface area contributed by atoms with Crippen LogP contribution >= 0.6 is 11.3 Å². The summed E-state index contributed by atoms with van der Waals surface area (Å²) in [6.45, 7) is 31.9. The van der Waals surface area contributed by atoms with Gasteiger partial charge in [0, 0.05) is 71.0 Å². The van der Waals surface area contributed by atoms with Crippen molar-refractivity contribution in [3.63, 3.8) is 0 Å². The van der Waals surface area contributed by atoms with Gasteiger partial charge in [-0.15, -0.1) is 11.3 Å². The molecule has 0 radical (unpaired) electrons. The van der Waals surface area contributed by atoms with Crippen LogP contribution in [0.4, 0.5) is 45.5 Å². The molecule has 2 unspecified atom stereocenters. The first-order valence-electron chi connectivity index (χ1n) is 29.2. The van der Waals surface area contributed by atoms with Gasteiger partial charge >= 0.3 is 0 Å². The lowest BCUT2D eigenvalue weighted by Gasteiger charge is -2.53. The fourth-order valence-corrected chi connectivity index (χ4v) is 16.6. The number of fused-ring (bicyclic) bond motifs is 12. The molecule has 0 amide bonds. The molecule has 5 heteroatoms. The lowest BCUT2D eigenvalue weighted by Crippen LogP contribution is -2.66. The summed E-state index contributed by atoms with van der Waals surface area (Å²) in [7, 11) is 0. The first-order chi connectivity index (χ1) is 37.1. The van der Waals surface area contributed by atoms with Crippen molar-refractivity contribution in [3.05, 3.63) is 185 Å². The Balaban J connectivity index is 1.11. The zero-order valence-electron chi connectivity index (χ0n) is 48.5. The minimum atomic E-state index is -0.0798. The summed E-state index contributed by atoms with van der Waals surface area (Å²) in [5, 5.41) is 2.61. The number of nitrogens with zero attached hydrogens (tertiary/aromatic N) is 3. The van der Waals surface area contributed by atoms with Gasteiger partial charge in [0.1, 0.15) is 0 Å². The predicted molar refractivity (Wildman–Crippen MR) is 339 cm³/mol. The highest BCUT2D eigenvalue weighted by molar-refractivity contribution is 7.25. The average Bonchev–Trinajstić information content (AvgIpc) is 2.38. The van der Waals surface area contributed by atoms with Crippen LogP contribution in [-0.4, -0.2) is 12.3 Å². The molecule has 1 saturated carbocycles. The quantitative estimate of drug-likeness (QED) is 0.159. The fraction of sp³-hybridized carbons (Fsp3) is 0.342. The molecule has 9 aromatic rings. The van der Waals surface area contributed by atoms with Gasteiger partial charge in [-0.2, -0.15) is 0 Å². The van der Waals surface area contributed by atoms with E-state index in [0.29, 0.717) is 0 Å². The van der Waals surface area contributed by atoms with Crippen LogP contribution in [0, 0.1) is 6.92 Å². The molecule has 0 N–H and O–H groups in total. The molecule has 14 rings (SSSR count). The van der Waals surface area contributed by atoms with Crippen molar-refractivity contribution in [3.8, 4) is 11.1 Å². The lowest BCUT2D eigenvalue weighted by molar-refractivity contribution is 0.195. The molecule has 3 aliphatic heterocycles. The topological polar surface area (TPSA) is 9.72 Å². The van der Waals surface area contributed by atoms with E-state index in [1.807, 2.05) is 11.3 Å². The Morgan fingerprint density at radius 2 is 1.15 bits per heavy atom. The molecule has 0 spiro atoms. The van der Waals surface area contributed by atoms with Crippen LogP contribution in [0.1, 0.15) is 155 Å². The van der Waals surface area contributed by atoms with E-state index in [1.54, 1.807) is 22.2 Å². The van der Waals surface area contributed by atoms with Gasteiger partial charge in [0.05, 0.1) is 11.2 Å². The van der Waals surface area contributed by atoms with Crippen molar-refractivity contribution in [1.29, 1.82) is 0 Å². The van der Waals surface area contributed by atoms with Crippen LogP contribution in [-0.2, 0) is 27.1 Å². The van der Waals surface area contributed by atoms with E-state index < -0.39 is 0 Å². The maximum Gasteiger partial charge on any atom is 0.252 e. The van der Waals surface area contributed by atoms with Gasteiger partial charge in [0.2, 0.25) is 0 Å². The Morgan fingerprint density at radius 3 is 1.91 bits per heavy atom. The molecule has 1 fully saturated rings. The minimum Gasteiger partial charge on any atom is -0.335 e. The maximum atomic E-state index is 2.96. The van der Waals surface area contributed by atoms with Gasteiger partial charge in [-0.1, -0.05) is 168 Å². The second-order valence-electron chi connectivity index (χ2n) is 28.0. The first-order valence-corrected chi connectivity index (χ1v) is 30.0. The molecule has 1 aromatic heterocycles. The zero-order chi connectivity index (χ0) is 54.2. The van der Waals surface area contributed by atoms with Crippen LogP contribution in [0.3, 0.4) is 0 Å². The van der Waals surface area contributed by atoms with Crippen LogP contribution in [0.2, 0.25) is 0 Å². The summed E-state index contributed by atoms with van der Waals surface area (Å²) >= 11 is 1.89. The molecule has 8 aromatic carbocycles.